The zero-order valence-electron chi connectivity index (χ0n) is 18.8. The fourth-order valence-corrected chi connectivity index (χ4v) is 5.50. The standard InChI is InChI=1S/C28H29F2NOS/c1-21-4-14-26(15-5-21)33(32)27-16-19-31(20-17-27)18-2-3-28(22-6-10-24(29)11-7-22)23-8-12-25(30)13-9-23/h4-16,28H,2-3,17-20H2,1H3. The zero-order chi connectivity index (χ0) is 23.2. The van der Waals surface area contributed by atoms with Crippen molar-refractivity contribution in [3.8, 4) is 0 Å². The quantitative estimate of drug-likeness (QED) is 0.374. The van der Waals surface area contributed by atoms with Gasteiger partial charge in [0.1, 0.15) is 11.6 Å². The predicted octanol–water partition coefficient (Wildman–Crippen LogP) is 6.58. The van der Waals surface area contributed by atoms with Crippen LogP contribution in [0.3, 0.4) is 0 Å². The van der Waals surface area contributed by atoms with Crippen LogP contribution in [-0.2, 0) is 10.8 Å². The van der Waals surface area contributed by atoms with Crippen LogP contribution in [0.25, 0.3) is 0 Å². The molecule has 0 bridgehead atoms. The summed E-state index contributed by atoms with van der Waals surface area (Å²) in [5.74, 6) is -0.415. The first-order valence-corrected chi connectivity index (χ1v) is 12.6. The minimum Gasteiger partial charge on any atom is -0.299 e. The second-order valence-electron chi connectivity index (χ2n) is 8.60. The Bertz CT molecular complexity index is 1060. The molecule has 1 heterocycles. The van der Waals surface area contributed by atoms with Gasteiger partial charge in [0.2, 0.25) is 0 Å². The number of halogens is 2. The molecule has 33 heavy (non-hydrogen) atoms. The third-order valence-electron chi connectivity index (χ3n) is 6.24. The lowest BCUT2D eigenvalue weighted by atomic mass is 9.87. The highest BCUT2D eigenvalue weighted by atomic mass is 32.2. The third kappa shape index (κ3) is 6.24. The normalized spacial score (nSPS) is 15.5. The van der Waals surface area contributed by atoms with E-state index in [0.29, 0.717) is 0 Å². The van der Waals surface area contributed by atoms with Gasteiger partial charge >= 0.3 is 0 Å². The molecule has 1 aliphatic rings. The van der Waals surface area contributed by atoms with Gasteiger partial charge in [-0.1, -0.05) is 48.0 Å². The second kappa shape index (κ2) is 11.0. The average molecular weight is 466 g/mol. The van der Waals surface area contributed by atoms with Crippen molar-refractivity contribution < 1.29 is 13.0 Å². The molecular formula is C28H29F2NOS. The summed E-state index contributed by atoms with van der Waals surface area (Å²) in [6.45, 7) is 4.65. The lowest BCUT2D eigenvalue weighted by Gasteiger charge is -2.27. The summed E-state index contributed by atoms with van der Waals surface area (Å²) in [4.78, 5) is 4.25. The summed E-state index contributed by atoms with van der Waals surface area (Å²) in [5, 5.41) is 0. The minimum absolute atomic E-state index is 0.0936. The molecule has 0 amide bonds. The summed E-state index contributed by atoms with van der Waals surface area (Å²) < 4.78 is 39.7. The SMILES string of the molecule is Cc1ccc(S(=O)C2=CCN(CCCC(c3ccc(F)cc3)c3ccc(F)cc3)CC2)cc1. The zero-order valence-corrected chi connectivity index (χ0v) is 19.7. The molecule has 5 heteroatoms. The Morgan fingerprint density at radius 3 is 1.97 bits per heavy atom. The molecular weight excluding hydrogens is 436 g/mol. The van der Waals surface area contributed by atoms with E-state index in [1.807, 2.05) is 55.5 Å². The molecule has 2 nitrogen and oxygen atoms in total. The van der Waals surface area contributed by atoms with Crippen molar-refractivity contribution in [1.82, 2.24) is 4.90 Å². The number of hydrogen-bond donors (Lipinski definition) is 0. The molecule has 0 saturated carbocycles. The van der Waals surface area contributed by atoms with E-state index in [2.05, 4.69) is 11.0 Å². The summed E-state index contributed by atoms with van der Waals surface area (Å²) in [6, 6.07) is 21.1. The molecule has 1 atom stereocenters. The van der Waals surface area contributed by atoms with Crippen molar-refractivity contribution >= 4 is 10.8 Å². The molecule has 0 radical (unpaired) electrons. The van der Waals surface area contributed by atoms with Crippen molar-refractivity contribution in [2.75, 3.05) is 19.6 Å². The molecule has 0 aliphatic carbocycles. The van der Waals surface area contributed by atoms with E-state index in [4.69, 9.17) is 0 Å². The Morgan fingerprint density at radius 2 is 1.45 bits per heavy atom. The molecule has 0 aromatic heterocycles. The van der Waals surface area contributed by atoms with Crippen molar-refractivity contribution in [1.29, 1.82) is 0 Å². The molecule has 1 aliphatic heterocycles. The number of rotatable bonds is 8. The molecule has 1 unspecified atom stereocenters. The van der Waals surface area contributed by atoms with E-state index >= 15 is 0 Å². The van der Waals surface area contributed by atoms with E-state index in [1.54, 1.807) is 0 Å². The number of nitrogens with zero attached hydrogens (tertiary/aromatic N) is 1. The van der Waals surface area contributed by atoms with Gasteiger partial charge in [-0.3, -0.25) is 4.90 Å². The second-order valence-corrected chi connectivity index (χ2v) is 10.1. The lowest BCUT2D eigenvalue weighted by molar-refractivity contribution is 0.288. The van der Waals surface area contributed by atoms with Gasteiger partial charge in [0.15, 0.2) is 0 Å². The molecule has 4 rings (SSSR count). The van der Waals surface area contributed by atoms with E-state index in [-0.39, 0.29) is 17.6 Å². The first-order chi connectivity index (χ1) is 16.0. The van der Waals surface area contributed by atoms with E-state index in [9.17, 15) is 13.0 Å². The monoisotopic (exact) mass is 465 g/mol. The third-order valence-corrected chi connectivity index (χ3v) is 7.78. The molecule has 0 N–H and O–H groups in total. The Balaban J connectivity index is 1.35. The van der Waals surface area contributed by atoms with Crippen LogP contribution in [0, 0.1) is 18.6 Å². The minimum atomic E-state index is -1.09. The lowest BCUT2D eigenvalue weighted by Crippen LogP contribution is -2.30. The van der Waals surface area contributed by atoms with Gasteiger partial charge in [0.05, 0.1) is 10.8 Å². The fourth-order valence-electron chi connectivity index (χ4n) is 4.31. The maximum Gasteiger partial charge on any atom is 0.123 e. The number of aryl methyl sites for hydroxylation is 1. The Hall–Kier alpha value is -2.63. The largest absolute Gasteiger partial charge is 0.299 e. The number of benzene rings is 3. The summed E-state index contributed by atoms with van der Waals surface area (Å²) >= 11 is 0. The van der Waals surface area contributed by atoms with E-state index in [1.165, 1.54) is 29.8 Å². The van der Waals surface area contributed by atoms with Crippen molar-refractivity contribution in [3.05, 3.63) is 112 Å². The molecule has 3 aromatic rings. The van der Waals surface area contributed by atoms with Crippen LogP contribution in [-0.4, -0.2) is 28.7 Å². The van der Waals surface area contributed by atoms with Gasteiger partial charge in [-0.15, -0.1) is 0 Å². The van der Waals surface area contributed by atoms with Crippen molar-refractivity contribution in [3.63, 3.8) is 0 Å². The molecule has 0 fully saturated rings. The Labute approximate surface area is 197 Å². The summed E-state index contributed by atoms with van der Waals surface area (Å²) in [5.41, 5.74) is 3.24. The van der Waals surface area contributed by atoms with Crippen LogP contribution >= 0.6 is 0 Å². The van der Waals surface area contributed by atoms with Gasteiger partial charge in [-0.25, -0.2) is 13.0 Å². The van der Waals surface area contributed by atoms with Crippen molar-refractivity contribution in [2.45, 2.75) is 37.0 Å². The van der Waals surface area contributed by atoms with Gasteiger partial charge in [-0.05, 0) is 80.3 Å². The first-order valence-electron chi connectivity index (χ1n) is 11.4. The highest BCUT2D eigenvalue weighted by Gasteiger charge is 2.19. The van der Waals surface area contributed by atoms with Crippen LogP contribution < -0.4 is 0 Å². The highest BCUT2D eigenvalue weighted by Crippen LogP contribution is 2.30. The highest BCUT2D eigenvalue weighted by molar-refractivity contribution is 7.89. The van der Waals surface area contributed by atoms with Gasteiger partial charge in [0.25, 0.3) is 0 Å². The fraction of sp³-hybridized carbons (Fsp3) is 0.286. The molecule has 3 aromatic carbocycles. The van der Waals surface area contributed by atoms with Gasteiger partial charge in [-0.2, -0.15) is 0 Å². The van der Waals surface area contributed by atoms with Gasteiger partial charge in [0, 0.05) is 28.8 Å². The molecule has 172 valence electrons. The van der Waals surface area contributed by atoms with E-state index < -0.39 is 10.8 Å². The summed E-state index contributed by atoms with van der Waals surface area (Å²) in [6.07, 6.45) is 4.76. The Kier molecular flexibility index (Phi) is 7.84. The Morgan fingerprint density at radius 1 is 0.879 bits per heavy atom. The maximum atomic E-state index is 13.4. The van der Waals surface area contributed by atoms with Crippen LogP contribution in [0.15, 0.2) is 88.7 Å². The predicted molar refractivity (Wildman–Crippen MR) is 131 cm³/mol. The number of hydrogen-bond acceptors (Lipinski definition) is 2. The van der Waals surface area contributed by atoms with Gasteiger partial charge < -0.3 is 0 Å². The van der Waals surface area contributed by atoms with Crippen LogP contribution in [0.2, 0.25) is 0 Å². The molecule has 0 saturated heterocycles. The topological polar surface area (TPSA) is 20.3 Å². The first kappa shape index (κ1) is 23.5. The van der Waals surface area contributed by atoms with Crippen LogP contribution in [0.1, 0.15) is 41.9 Å². The maximum absolute atomic E-state index is 13.4. The average Bonchev–Trinajstić information content (AvgIpc) is 2.84. The van der Waals surface area contributed by atoms with Crippen LogP contribution in [0.5, 0.6) is 0 Å². The smallest absolute Gasteiger partial charge is 0.123 e. The summed E-state index contributed by atoms with van der Waals surface area (Å²) in [7, 11) is -1.09. The molecule has 0 spiro atoms. The van der Waals surface area contributed by atoms with Crippen LogP contribution in [0.4, 0.5) is 8.78 Å². The van der Waals surface area contributed by atoms with Crippen molar-refractivity contribution in [2.24, 2.45) is 0 Å². The van der Waals surface area contributed by atoms with E-state index in [0.717, 1.165) is 59.8 Å².